The maximum atomic E-state index is 12.2. The Morgan fingerprint density at radius 3 is 2.45 bits per heavy atom. The molecule has 1 aliphatic heterocycles. The summed E-state index contributed by atoms with van der Waals surface area (Å²) < 4.78 is 25.3. The highest BCUT2D eigenvalue weighted by Crippen LogP contribution is 2.36. The van der Waals surface area contributed by atoms with E-state index in [4.69, 9.17) is 11.6 Å². The third-order valence-electron chi connectivity index (χ3n) is 6.60. The van der Waals surface area contributed by atoms with Crippen molar-refractivity contribution in [3.8, 4) is 11.1 Å². The molecular weight excluding hydrogens is 460 g/mol. The maximum Gasteiger partial charge on any atom is 0.228 e. The lowest BCUT2D eigenvalue weighted by atomic mass is 10.0. The minimum absolute atomic E-state index is 0.0215. The average molecular weight is 487 g/mol. The second-order valence-corrected chi connectivity index (χ2v) is 11.8. The second-order valence-electron chi connectivity index (χ2n) is 9.14. The van der Waals surface area contributed by atoms with Crippen LogP contribution in [0.2, 0.25) is 5.02 Å². The molecule has 0 unspecified atom stereocenters. The molecule has 0 atom stereocenters. The van der Waals surface area contributed by atoms with Crippen molar-refractivity contribution in [3.05, 3.63) is 53.2 Å². The SMILES string of the molecule is CS(=O)(=O)C1CCN(Cc2ccc(-c3cccn4nc(NC(=O)C5CC5)c(Cl)c34)cc2)CC1. The van der Waals surface area contributed by atoms with E-state index in [1.165, 1.54) is 11.8 Å². The zero-order valence-electron chi connectivity index (χ0n) is 18.5. The minimum Gasteiger partial charge on any atom is -0.308 e. The fourth-order valence-electron chi connectivity index (χ4n) is 4.48. The second kappa shape index (κ2) is 8.74. The number of carbonyl (C=O) groups is 1. The monoisotopic (exact) mass is 486 g/mol. The quantitative estimate of drug-likeness (QED) is 0.569. The van der Waals surface area contributed by atoms with Crippen molar-refractivity contribution < 1.29 is 13.2 Å². The first-order valence-electron chi connectivity index (χ1n) is 11.3. The fraction of sp³-hybridized carbons (Fsp3) is 0.417. The van der Waals surface area contributed by atoms with Gasteiger partial charge in [0.2, 0.25) is 5.91 Å². The number of hydrogen-bond acceptors (Lipinski definition) is 5. The summed E-state index contributed by atoms with van der Waals surface area (Å²) in [5, 5.41) is 7.56. The van der Waals surface area contributed by atoms with Gasteiger partial charge in [0.1, 0.15) is 14.9 Å². The number of halogens is 1. The van der Waals surface area contributed by atoms with E-state index in [0.717, 1.165) is 49.1 Å². The highest BCUT2D eigenvalue weighted by atomic mass is 35.5. The number of rotatable bonds is 6. The Bertz CT molecular complexity index is 1290. The zero-order chi connectivity index (χ0) is 23.2. The number of likely N-dealkylation sites (tertiary alicyclic amines) is 1. The molecule has 1 N–H and O–H groups in total. The molecule has 2 aromatic heterocycles. The van der Waals surface area contributed by atoms with Gasteiger partial charge in [0.05, 0.1) is 10.8 Å². The van der Waals surface area contributed by atoms with Crippen LogP contribution in [0.15, 0.2) is 42.6 Å². The molecule has 3 heterocycles. The van der Waals surface area contributed by atoms with Gasteiger partial charge in [0.15, 0.2) is 5.82 Å². The number of hydrogen-bond donors (Lipinski definition) is 1. The highest BCUT2D eigenvalue weighted by Gasteiger charge is 2.31. The van der Waals surface area contributed by atoms with Gasteiger partial charge in [-0.05, 0) is 56.0 Å². The topological polar surface area (TPSA) is 83.8 Å². The first kappa shape index (κ1) is 22.4. The number of piperidine rings is 1. The summed E-state index contributed by atoms with van der Waals surface area (Å²) in [5.41, 5.74) is 3.91. The molecule has 9 heteroatoms. The molecule has 2 aliphatic rings. The molecule has 1 saturated heterocycles. The normalized spacial score (nSPS) is 18.0. The van der Waals surface area contributed by atoms with Crippen LogP contribution in [0.1, 0.15) is 31.2 Å². The summed E-state index contributed by atoms with van der Waals surface area (Å²) in [5.74, 6) is 0.456. The number of fused-ring (bicyclic) bond motifs is 1. The van der Waals surface area contributed by atoms with Crippen LogP contribution in [0.25, 0.3) is 16.6 Å². The number of sulfone groups is 1. The van der Waals surface area contributed by atoms with Crippen molar-refractivity contribution in [2.24, 2.45) is 5.92 Å². The van der Waals surface area contributed by atoms with Gasteiger partial charge in [-0.1, -0.05) is 41.9 Å². The first-order valence-corrected chi connectivity index (χ1v) is 13.6. The number of carbonyl (C=O) groups excluding carboxylic acids is 1. The fourth-order valence-corrected chi connectivity index (χ4v) is 5.82. The lowest BCUT2D eigenvalue weighted by Crippen LogP contribution is -2.38. The van der Waals surface area contributed by atoms with Crippen molar-refractivity contribution in [1.29, 1.82) is 0 Å². The van der Waals surface area contributed by atoms with Crippen molar-refractivity contribution >= 4 is 38.7 Å². The molecule has 1 saturated carbocycles. The summed E-state index contributed by atoms with van der Waals surface area (Å²) >= 11 is 6.64. The predicted molar refractivity (Wildman–Crippen MR) is 130 cm³/mol. The van der Waals surface area contributed by atoms with Crippen LogP contribution in [-0.2, 0) is 21.2 Å². The third-order valence-corrected chi connectivity index (χ3v) is 8.64. The van der Waals surface area contributed by atoms with E-state index in [0.29, 0.717) is 23.7 Å². The van der Waals surface area contributed by atoms with Crippen LogP contribution in [-0.4, -0.2) is 53.4 Å². The lowest BCUT2D eigenvalue weighted by molar-refractivity contribution is -0.117. The number of benzene rings is 1. The van der Waals surface area contributed by atoms with E-state index in [1.54, 1.807) is 4.52 Å². The molecule has 0 bridgehead atoms. The van der Waals surface area contributed by atoms with Crippen molar-refractivity contribution in [3.63, 3.8) is 0 Å². The largest absolute Gasteiger partial charge is 0.308 e. The summed E-state index contributed by atoms with van der Waals surface area (Å²) in [6, 6.07) is 12.3. The molecule has 3 aromatic rings. The standard InChI is InChI=1S/C24H27ClN4O3S/c1-33(31,32)19-10-13-28(14-11-19)15-16-4-6-17(7-5-16)20-3-2-12-29-22(20)21(25)23(27-29)26-24(30)18-8-9-18/h2-7,12,18-19H,8-11,13-15H2,1H3,(H,26,27,30). The summed E-state index contributed by atoms with van der Waals surface area (Å²) in [6.45, 7) is 2.38. The van der Waals surface area contributed by atoms with E-state index >= 15 is 0 Å². The number of nitrogens with zero attached hydrogens (tertiary/aromatic N) is 3. The maximum absolute atomic E-state index is 12.2. The average Bonchev–Trinajstić information content (AvgIpc) is 3.59. The Kier molecular flexibility index (Phi) is 5.93. The van der Waals surface area contributed by atoms with Crippen molar-refractivity contribution in [2.45, 2.75) is 37.5 Å². The summed E-state index contributed by atoms with van der Waals surface area (Å²) in [6.07, 6.45) is 6.39. The van der Waals surface area contributed by atoms with Gasteiger partial charge in [-0.2, -0.15) is 0 Å². The van der Waals surface area contributed by atoms with E-state index in [2.05, 4.69) is 39.6 Å². The molecule has 0 radical (unpaired) electrons. The Balaban J connectivity index is 1.32. The van der Waals surface area contributed by atoms with Crippen LogP contribution in [0.3, 0.4) is 0 Å². The highest BCUT2D eigenvalue weighted by molar-refractivity contribution is 7.91. The molecule has 33 heavy (non-hydrogen) atoms. The number of pyridine rings is 1. The van der Waals surface area contributed by atoms with Gasteiger partial charge < -0.3 is 5.32 Å². The number of aromatic nitrogens is 2. The van der Waals surface area contributed by atoms with Gasteiger partial charge in [-0.15, -0.1) is 5.10 Å². The van der Waals surface area contributed by atoms with Gasteiger partial charge in [-0.3, -0.25) is 9.69 Å². The molecule has 1 amide bonds. The van der Waals surface area contributed by atoms with Crippen LogP contribution in [0.5, 0.6) is 0 Å². The number of nitrogens with one attached hydrogen (secondary N) is 1. The Hall–Kier alpha value is -2.42. The predicted octanol–water partition coefficient (Wildman–Crippen LogP) is 4.01. The van der Waals surface area contributed by atoms with Gasteiger partial charge in [-0.25, -0.2) is 12.9 Å². The van der Waals surface area contributed by atoms with Gasteiger partial charge >= 0.3 is 0 Å². The number of amides is 1. The molecule has 5 rings (SSSR count). The number of anilines is 1. The Labute approximate surface area is 198 Å². The van der Waals surface area contributed by atoms with Crippen LogP contribution >= 0.6 is 11.6 Å². The molecule has 1 aromatic carbocycles. The third kappa shape index (κ3) is 4.78. The van der Waals surface area contributed by atoms with E-state index in [1.807, 2.05) is 18.3 Å². The molecule has 1 aliphatic carbocycles. The summed E-state index contributed by atoms with van der Waals surface area (Å²) in [4.78, 5) is 14.5. The van der Waals surface area contributed by atoms with Crippen LogP contribution < -0.4 is 5.32 Å². The molecule has 174 valence electrons. The Morgan fingerprint density at radius 2 is 1.82 bits per heavy atom. The minimum atomic E-state index is -2.95. The molecule has 0 spiro atoms. The smallest absolute Gasteiger partial charge is 0.228 e. The first-order chi connectivity index (χ1) is 15.8. The van der Waals surface area contributed by atoms with Gasteiger partial charge in [0.25, 0.3) is 0 Å². The van der Waals surface area contributed by atoms with E-state index in [-0.39, 0.29) is 17.1 Å². The summed E-state index contributed by atoms with van der Waals surface area (Å²) in [7, 11) is -2.95. The molecular formula is C24H27ClN4O3S. The lowest BCUT2D eigenvalue weighted by Gasteiger charge is -2.31. The van der Waals surface area contributed by atoms with Crippen LogP contribution in [0.4, 0.5) is 5.82 Å². The van der Waals surface area contributed by atoms with Crippen molar-refractivity contribution in [1.82, 2.24) is 14.5 Å². The van der Waals surface area contributed by atoms with E-state index < -0.39 is 9.84 Å². The molecule has 7 nitrogen and oxygen atoms in total. The Morgan fingerprint density at radius 1 is 1.12 bits per heavy atom. The van der Waals surface area contributed by atoms with Gasteiger partial charge in [0, 0.05) is 30.5 Å². The zero-order valence-corrected chi connectivity index (χ0v) is 20.1. The van der Waals surface area contributed by atoms with Crippen LogP contribution in [0, 0.1) is 5.92 Å². The van der Waals surface area contributed by atoms with E-state index in [9.17, 15) is 13.2 Å². The molecule has 2 fully saturated rings. The van der Waals surface area contributed by atoms with Crippen molar-refractivity contribution in [2.75, 3.05) is 24.7 Å².